The van der Waals surface area contributed by atoms with Gasteiger partial charge in [-0.15, -0.1) is 0 Å². The average Bonchev–Trinajstić information content (AvgIpc) is 3.31. The normalized spacial score (nSPS) is 13.7. The highest BCUT2D eigenvalue weighted by molar-refractivity contribution is 5.71. The van der Waals surface area contributed by atoms with E-state index < -0.39 is 6.10 Å². The van der Waals surface area contributed by atoms with Gasteiger partial charge in [0, 0.05) is 19.3 Å². The van der Waals surface area contributed by atoms with Crippen LogP contribution in [0, 0.1) is 0 Å². The van der Waals surface area contributed by atoms with Gasteiger partial charge in [-0.05, 0) is 77.0 Å². The van der Waals surface area contributed by atoms with Crippen LogP contribution in [0.4, 0.5) is 0 Å². The van der Waals surface area contributed by atoms with Crippen molar-refractivity contribution in [3.05, 3.63) is 182 Å². The van der Waals surface area contributed by atoms with Gasteiger partial charge in [0.25, 0.3) is 0 Å². The smallest absolute Gasteiger partial charge is 0.306 e. The molecular weight excluding hydrogens is 817 g/mol. The zero-order valence-corrected chi connectivity index (χ0v) is 41.1. The Bertz CT molecular complexity index is 1650. The molecule has 0 amide bonds. The van der Waals surface area contributed by atoms with Crippen LogP contribution in [0.2, 0.25) is 0 Å². The van der Waals surface area contributed by atoms with E-state index in [2.05, 4.69) is 69.4 Å². The summed E-state index contributed by atoms with van der Waals surface area (Å²) in [6.07, 6.45) is 78.6. The quantitative estimate of drug-likeness (QED) is 0.0263. The van der Waals surface area contributed by atoms with Crippen LogP contribution in [-0.2, 0) is 28.6 Å². The zero-order valence-electron chi connectivity index (χ0n) is 41.1. The van der Waals surface area contributed by atoms with Gasteiger partial charge in [-0.25, -0.2) is 0 Å². The fourth-order valence-corrected chi connectivity index (χ4v) is 5.81. The van der Waals surface area contributed by atoms with E-state index in [9.17, 15) is 14.4 Å². The van der Waals surface area contributed by atoms with Crippen LogP contribution in [0.3, 0.4) is 0 Å². The summed E-state index contributed by atoms with van der Waals surface area (Å²) in [7, 11) is 0. The second-order valence-corrected chi connectivity index (χ2v) is 15.6. The van der Waals surface area contributed by atoms with Gasteiger partial charge in [0.1, 0.15) is 13.2 Å². The molecular formula is C60H86O6. The van der Waals surface area contributed by atoms with Crippen molar-refractivity contribution in [2.45, 2.75) is 162 Å². The lowest BCUT2D eigenvalue weighted by molar-refractivity contribution is -0.167. The molecule has 0 saturated carbocycles. The highest BCUT2D eigenvalue weighted by Crippen LogP contribution is 2.11. The standard InChI is InChI=1S/C60H86O6/c1-4-7-10-13-16-19-22-25-27-29-31-32-35-38-41-44-47-50-53-59(62)65-56-57(55-64-58(61)52-49-46-43-40-37-34-24-21-18-15-12-9-6-3)66-60(63)54-51-48-45-42-39-36-33-30-28-26-23-20-17-14-11-8-5-2/h8-34,36-37,39,57H,4-7,35,38,40-56H2,1-3H3/b11-8+,12-9+,13-10+,17-14+,18-15+,19-16+,23-20+,24-21+,25-22+,28-26+,29-27+,32-31+,33-30+,37-34+,39-36+. The lowest BCUT2D eigenvalue weighted by Gasteiger charge is -2.18. The van der Waals surface area contributed by atoms with Gasteiger partial charge in [-0.1, -0.05) is 242 Å². The maximum Gasteiger partial charge on any atom is 0.306 e. The molecule has 0 bridgehead atoms. The molecule has 0 spiro atoms. The molecule has 0 saturated heterocycles. The zero-order chi connectivity index (χ0) is 47.9. The Kier molecular flexibility index (Phi) is 47.8. The molecule has 66 heavy (non-hydrogen) atoms. The van der Waals surface area contributed by atoms with Crippen molar-refractivity contribution in [1.29, 1.82) is 0 Å². The van der Waals surface area contributed by atoms with E-state index >= 15 is 0 Å². The Balaban J connectivity index is 4.65. The fraction of sp³-hybridized carbons (Fsp3) is 0.450. The summed E-state index contributed by atoms with van der Waals surface area (Å²) in [4.78, 5) is 38.0. The van der Waals surface area contributed by atoms with Crippen molar-refractivity contribution in [2.24, 2.45) is 0 Å². The van der Waals surface area contributed by atoms with E-state index in [-0.39, 0.29) is 44.0 Å². The average molecular weight is 903 g/mol. The predicted molar refractivity (Wildman–Crippen MR) is 283 cm³/mol. The first kappa shape index (κ1) is 60.5. The van der Waals surface area contributed by atoms with Crippen LogP contribution in [0.25, 0.3) is 0 Å². The van der Waals surface area contributed by atoms with Crippen molar-refractivity contribution in [3.8, 4) is 0 Å². The summed E-state index contributed by atoms with van der Waals surface area (Å²) in [6, 6.07) is 0. The largest absolute Gasteiger partial charge is 0.462 e. The molecule has 0 aliphatic heterocycles. The van der Waals surface area contributed by atoms with Crippen molar-refractivity contribution in [2.75, 3.05) is 13.2 Å². The van der Waals surface area contributed by atoms with Gasteiger partial charge in [0.2, 0.25) is 0 Å². The van der Waals surface area contributed by atoms with E-state index in [0.717, 1.165) is 96.3 Å². The third kappa shape index (κ3) is 49.5. The maximum absolute atomic E-state index is 12.8. The minimum absolute atomic E-state index is 0.134. The molecule has 0 radical (unpaired) electrons. The maximum atomic E-state index is 12.8. The van der Waals surface area contributed by atoms with Crippen molar-refractivity contribution < 1.29 is 28.6 Å². The van der Waals surface area contributed by atoms with Crippen LogP contribution in [0.1, 0.15) is 156 Å². The van der Waals surface area contributed by atoms with Gasteiger partial charge in [0.15, 0.2) is 6.10 Å². The molecule has 1 atom stereocenters. The number of allylic oxidation sites excluding steroid dienone is 30. The predicted octanol–water partition coefficient (Wildman–Crippen LogP) is 16.6. The first-order chi connectivity index (χ1) is 32.5. The van der Waals surface area contributed by atoms with E-state index in [1.54, 1.807) is 0 Å². The van der Waals surface area contributed by atoms with E-state index in [4.69, 9.17) is 14.2 Å². The lowest BCUT2D eigenvalue weighted by Crippen LogP contribution is -2.30. The van der Waals surface area contributed by atoms with Crippen LogP contribution in [-0.4, -0.2) is 37.2 Å². The molecule has 0 aliphatic carbocycles. The number of hydrogen-bond donors (Lipinski definition) is 0. The molecule has 6 heteroatoms. The molecule has 0 aromatic carbocycles. The highest BCUT2D eigenvalue weighted by Gasteiger charge is 2.19. The summed E-state index contributed by atoms with van der Waals surface area (Å²) in [5.41, 5.74) is 0. The molecule has 0 rings (SSSR count). The second kappa shape index (κ2) is 52.1. The van der Waals surface area contributed by atoms with Crippen LogP contribution in [0.5, 0.6) is 0 Å². The summed E-state index contributed by atoms with van der Waals surface area (Å²) >= 11 is 0. The Morgan fingerprint density at radius 1 is 0.318 bits per heavy atom. The minimum atomic E-state index is -0.840. The van der Waals surface area contributed by atoms with Gasteiger partial charge in [-0.2, -0.15) is 0 Å². The third-order valence-corrected chi connectivity index (χ3v) is 9.49. The van der Waals surface area contributed by atoms with Crippen LogP contribution < -0.4 is 0 Å². The number of esters is 3. The first-order valence-electron chi connectivity index (χ1n) is 25.0. The molecule has 362 valence electrons. The van der Waals surface area contributed by atoms with Crippen molar-refractivity contribution in [1.82, 2.24) is 0 Å². The molecule has 6 nitrogen and oxygen atoms in total. The minimum Gasteiger partial charge on any atom is -0.462 e. The molecule has 0 aromatic rings. The monoisotopic (exact) mass is 903 g/mol. The number of rotatable bonds is 41. The van der Waals surface area contributed by atoms with E-state index in [0.29, 0.717) is 19.3 Å². The second-order valence-electron chi connectivity index (χ2n) is 15.6. The number of carbonyl (C=O) groups is 3. The summed E-state index contributed by atoms with van der Waals surface area (Å²) < 4.78 is 16.7. The summed E-state index contributed by atoms with van der Waals surface area (Å²) in [6.45, 7) is 6.12. The molecule has 0 aromatic heterocycles. The van der Waals surface area contributed by atoms with Gasteiger partial charge in [0.05, 0.1) is 0 Å². The Morgan fingerprint density at radius 2 is 0.591 bits per heavy atom. The summed E-state index contributed by atoms with van der Waals surface area (Å²) in [5, 5.41) is 0. The topological polar surface area (TPSA) is 78.9 Å². The fourth-order valence-electron chi connectivity index (χ4n) is 5.81. The Hall–Kier alpha value is -5.49. The molecule has 0 N–H and O–H groups in total. The number of hydrogen-bond acceptors (Lipinski definition) is 6. The van der Waals surface area contributed by atoms with Gasteiger partial charge < -0.3 is 14.2 Å². The molecule has 0 aliphatic rings. The summed E-state index contributed by atoms with van der Waals surface area (Å²) in [5.74, 6) is -1.06. The van der Waals surface area contributed by atoms with E-state index in [1.165, 1.54) is 6.42 Å². The Morgan fingerprint density at radius 3 is 0.939 bits per heavy atom. The SMILES string of the molecule is CC/C=C/C=C/C=C/C=C/C=C/C=C/CCCCCC(=O)OC(COC(=O)CCCCC/C=C/C=C/C=C/C=C/CC)COC(=O)CCCCCCC/C=C/C=C/C=C/C=C/C=C/CCC. The number of carbonyl (C=O) groups excluding carboxylic acids is 3. The van der Waals surface area contributed by atoms with E-state index in [1.807, 2.05) is 134 Å². The molecule has 0 fully saturated rings. The third-order valence-electron chi connectivity index (χ3n) is 9.49. The van der Waals surface area contributed by atoms with Crippen molar-refractivity contribution in [3.63, 3.8) is 0 Å². The number of unbranched alkanes of at least 4 members (excludes halogenated alkanes) is 12. The molecule has 1 unspecified atom stereocenters. The van der Waals surface area contributed by atoms with Crippen LogP contribution >= 0.6 is 0 Å². The Labute approximate surface area is 402 Å². The highest BCUT2D eigenvalue weighted by atomic mass is 16.6. The molecule has 0 heterocycles. The lowest BCUT2D eigenvalue weighted by atomic mass is 10.1. The first-order valence-corrected chi connectivity index (χ1v) is 25.0. The van der Waals surface area contributed by atoms with Crippen LogP contribution in [0.15, 0.2) is 182 Å². The number of ether oxygens (including phenoxy) is 3. The van der Waals surface area contributed by atoms with Gasteiger partial charge >= 0.3 is 17.9 Å². The van der Waals surface area contributed by atoms with Crippen molar-refractivity contribution >= 4 is 17.9 Å². The van der Waals surface area contributed by atoms with Gasteiger partial charge in [-0.3, -0.25) is 14.4 Å².